The van der Waals surface area contributed by atoms with Crippen molar-refractivity contribution in [3.8, 4) is 34.1 Å². The van der Waals surface area contributed by atoms with Gasteiger partial charge in [0, 0.05) is 29.3 Å². The molecule has 2 N–H and O–H groups in total. The normalized spacial score (nSPS) is 10.3. The first-order chi connectivity index (χ1) is 19.9. The van der Waals surface area contributed by atoms with Crippen LogP contribution in [0.5, 0.6) is 17.2 Å². The number of hydrogen-bond acceptors (Lipinski definition) is 8. The van der Waals surface area contributed by atoms with Crippen LogP contribution < -0.4 is 25.5 Å². The second-order valence-electron chi connectivity index (χ2n) is 8.99. The SMILES string of the molecule is COC(=O)c1c(-c2cc(OC)c(Br)c(OC)c2)c2ccc(OCc3ccncc3)cc2c(=O)n1-c1ccc(N)cc1.Cl.Cl. The predicted molar refractivity (Wildman–Crippen MR) is 175 cm³/mol. The van der Waals surface area contributed by atoms with Crippen molar-refractivity contribution in [3.63, 3.8) is 0 Å². The number of benzene rings is 3. The molecule has 3 aromatic carbocycles. The number of anilines is 1. The Labute approximate surface area is 268 Å². The van der Waals surface area contributed by atoms with Crippen molar-refractivity contribution >= 4 is 63.2 Å². The molecule has 0 aliphatic rings. The number of esters is 1. The summed E-state index contributed by atoms with van der Waals surface area (Å²) >= 11 is 3.51. The van der Waals surface area contributed by atoms with Gasteiger partial charge in [0.1, 0.15) is 34.0 Å². The molecule has 0 atom stereocenters. The molecule has 0 amide bonds. The van der Waals surface area contributed by atoms with Gasteiger partial charge in [0.2, 0.25) is 0 Å². The van der Waals surface area contributed by atoms with Gasteiger partial charge in [-0.2, -0.15) is 0 Å². The van der Waals surface area contributed by atoms with E-state index in [0.717, 1.165) is 5.56 Å². The first-order valence-corrected chi connectivity index (χ1v) is 13.3. The third kappa shape index (κ3) is 6.56. The van der Waals surface area contributed by atoms with E-state index in [2.05, 4.69) is 20.9 Å². The van der Waals surface area contributed by atoms with Crippen LogP contribution in [0.15, 0.2) is 88.4 Å². The number of aromatic nitrogens is 2. The monoisotopic (exact) mass is 687 g/mol. The number of carbonyl (C=O) groups is 1. The van der Waals surface area contributed by atoms with Gasteiger partial charge in [-0.25, -0.2) is 4.79 Å². The molecule has 0 spiro atoms. The van der Waals surface area contributed by atoms with E-state index >= 15 is 0 Å². The van der Waals surface area contributed by atoms with E-state index in [1.165, 1.54) is 25.9 Å². The molecule has 0 saturated heterocycles. The summed E-state index contributed by atoms with van der Waals surface area (Å²) in [6.45, 7) is 0.286. The molecule has 224 valence electrons. The minimum Gasteiger partial charge on any atom is -0.495 e. The first-order valence-electron chi connectivity index (χ1n) is 12.5. The van der Waals surface area contributed by atoms with Crippen LogP contribution in [0.4, 0.5) is 5.69 Å². The lowest BCUT2D eigenvalue weighted by molar-refractivity contribution is 0.0591. The van der Waals surface area contributed by atoms with E-state index in [1.54, 1.807) is 67.0 Å². The largest absolute Gasteiger partial charge is 0.495 e. The van der Waals surface area contributed by atoms with Crippen LogP contribution in [0.2, 0.25) is 0 Å². The van der Waals surface area contributed by atoms with Crippen molar-refractivity contribution in [3.05, 3.63) is 105 Å². The number of fused-ring (bicyclic) bond motifs is 1. The number of ether oxygens (including phenoxy) is 4. The standard InChI is InChI=1S/C31H26BrN3O6.2ClH/c1-38-25-14-19(15-26(39-2)28(25)32)27-23-9-8-22(41-17-18-10-12-34-13-11-18)16-24(23)30(36)35(29(27)31(37)40-3)21-6-4-20(33)5-7-21;;/h4-16H,17,33H2,1-3H3;2*1H. The maximum Gasteiger partial charge on any atom is 0.355 e. The van der Waals surface area contributed by atoms with Crippen molar-refractivity contribution in [1.29, 1.82) is 0 Å². The molecule has 5 aromatic rings. The summed E-state index contributed by atoms with van der Waals surface area (Å²) in [5.41, 5.74) is 8.43. The van der Waals surface area contributed by atoms with Crippen molar-refractivity contribution in [2.45, 2.75) is 6.61 Å². The fourth-order valence-corrected chi connectivity index (χ4v) is 5.13. The molecule has 0 fully saturated rings. The van der Waals surface area contributed by atoms with Gasteiger partial charge in [-0.15, -0.1) is 24.8 Å². The Morgan fingerprint density at radius 2 is 1.51 bits per heavy atom. The summed E-state index contributed by atoms with van der Waals surface area (Å²) in [6.07, 6.45) is 3.37. The fraction of sp³-hybridized carbons (Fsp3) is 0.129. The highest BCUT2D eigenvalue weighted by Crippen LogP contribution is 2.42. The molecule has 43 heavy (non-hydrogen) atoms. The Kier molecular flexibility index (Phi) is 11.0. The molecule has 9 nitrogen and oxygen atoms in total. The molecule has 2 aromatic heterocycles. The van der Waals surface area contributed by atoms with E-state index < -0.39 is 11.5 Å². The molecule has 0 aliphatic carbocycles. The highest BCUT2D eigenvalue weighted by Gasteiger charge is 2.27. The Bertz CT molecular complexity index is 1790. The summed E-state index contributed by atoms with van der Waals surface area (Å²) in [6, 6.07) is 19.1. The maximum absolute atomic E-state index is 14.2. The lowest BCUT2D eigenvalue weighted by atomic mass is 9.95. The average molecular weight is 689 g/mol. The zero-order valence-corrected chi connectivity index (χ0v) is 26.5. The number of carbonyl (C=O) groups excluding carboxylic acids is 1. The van der Waals surface area contributed by atoms with Crippen LogP contribution in [0.3, 0.4) is 0 Å². The highest BCUT2D eigenvalue weighted by molar-refractivity contribution is 9.10. The number of nitrogen functional groups attached to an aromatic ring is 1. The summed E-state index contributed by atoms with van der Waals surface area (Å²) < 4.78 is 24.3. The van der Waals surface area contributed by atoms with Crippen molar-refractivity contribution in [1.82, 2.24) is 9.55 Å². The van der Waals surface area contributed by atoms with Crippen molar-refractivity contribution < 1.29 is 23.7 Å². The third-order valence-corrected chi connectivity index (χ3v) is 7.36. The number of pyridine rings is 2. The number of nitrogens with zero attached hydrogens (tertiary/aromatic N) is 2. The van der Waals surface area contributed by atoms with Crippen LogP contribution in [-0.4, -0.2) is 36.8 Å². The van der Waals surface area contributed by atoms with E-state index in [9.17, 15) is 9.59 Å². The molecule has 0 radical (unpaired) electrons. The minimum atomic E-state index is -0.699. The molecular weight excluding hydrogens is 661 g/mol. The quantitative estimate of drug-likeness (QED) is 0.143. The van der Waals surface area contributed by atoms with Gasteiger partial charge in [-0.3, -0.25) is 14.3 Å². The number of nitrogens with two attached hydrogens (primary N) is 1. The highest BCUT2D eigenvalue weighted by atomic mass is 79.9. The van der Waals surface area contributed by atoms with Crippen LogP contribution in [0, 0.1) is 0 Å². The first kappa shape index (κ1) is 33.3. The minimum absolute atomic E-state index is 0. The van der Waals surface area contributed by atoms with Gasteiger partial charge in [-0.1, -0.05) is 0 Å². The van der Waals surface area contributed by atoms with E-state index in [-0.39, 0.29) is 37.1 Å². The summed E-state index contributed by atoms with van der Waals surface area (Å²) in [4.78, 5) is 31.7. The zero-order valence-electron chi connectivity index (χ0n) is 23.3. The van der Waals surface area contributed by atoms with Crippen molar-refractivity contribution in [2.24, 2.45) is 0 Å². The van der Waals surface area contributed by atoms with Gasteiger partial charge in [-0.05, 0) is 99.2 Å². The summed E-state index contributed by atoms with van der Waals surface area (Å²) in [5.74, 6) is 0.740. The van der Waals surface area contributed by atoms with Crippen LogP contribution >= 0.6 is 40.7 Å². The second-order valence-corrected chi connectivity index (χ2v) is 9.79. The van der Waals surface area contributed by atoms with Gasteiger partial charge in [0.25, 0.3) is 5.56 Å². The molecule has 5 rings (SSSR count). The van der Waals surface area contributed by atoms with E-state index in [4.69, 9.17) is 24.7 Å². The topological polar surface area (TPSA) is 115 Å². The fourth-order valence-electron chi connectivity index (χ4n) is 4.58. The van der Waals surface area contributed by atoms with Gasteiger partial charge >= 0.3 is 5.97 Å². The summed E-state index contributed by atoms with van der Waals surface area (Å²) in [5, 5.41) is 0.849. The molecule has 12 heteroatoms. The van der Waals surface area contributed by atoms with Crippen LogP contribution in [0.1, 0.15) is 16.1 Å². The Hall–Kier alpha value is -4.25. The van der Waals surface area contributed by atoms with Crippen LogP contribution in [0.25, 0.3) is 27.6 Å². The number of halogens is 3. The van der Waals surface area contributed by atoms with Crippen LogP contribution in [-0.2, 0) is 11.3 Å². The third-order valence-electron chi connectivity index (χ3n) is 6.57. The molecule has 0 unspecified atom stereocenters. The molecule has 2 heterocycles. The number of methoxy groups -OCH3 is 3. The van der Waals surface area contributed by atoms with Gasteiger partial charge in [0.15, 0.2) is 0 Å². The number of rotatable bonds is 8. The zero-order chi connectivity index (χ0) is 29.1. The number of hydrogen-bond donors (Lipinski definition) is 1. The lowest BCUT2D eigenvalue weighted by Gasteiger charge is -2.20. The van der Waals surface area contributed by atoms with Crippen molar-refractivity contribution in [2.75, 3.05) is 27.1 Å². The summed E-state index contributed by atoms with van der Waals surface area (Å²) in [7, 11) is 4.33. The van der Waals surface area contributed by atoms with Gasteiger partial charge in [0.05, 0.1) is 26.7 Å². The predicted octanol–water partition coefficient (Wildman–Crippen LogP) is 6.62. The smallest absolute Gasteiger partial charge is 0.355 e. The van der Waals surface area contributed by atoms with E-state index in [0.29, 0.717) is 55.0 Å². The lowest BCUT2D eigenvalue weighted by Crippen LogP contribution is -2.27. The Morgan fingerprint density at radius 1 is 0.884 bits per heavy atom. The molecule has 0 aliphatic heterocycles. The van der Waals surface area contributed by atoms with Gasteiger partial charge < -0.3 is 24.7 Å². The second kappa shape index (κ2) is 14.3. The maximum atomic E-state index is 14.2. The Morgan fingerprint density at radius 3 is 2.09 bits per heavy atom. The molecule has 0 bridgehead atoms. The Balaban J connectivity index is 0.00000253. The average Bonchev–Trinajstić information content (AvgIpc) is 3.01. The molecular formula is C31H28BrCl2N3O6. The molecule has 0 saturated carbocycles. The van der Waals surface area contributed by atoms with E-state index in [1.807, 2.05) is 12.1 Å².